The Balaban J connectivity index is 1.72. The van der Waals surface area contributed by atoms with Crippen LogP contribution < -0.4 is 10.6 Å². The van der Waals surface area contributed by atoms with Crippen molar-refractivity contribution in [2.75, 3.05) is 20.1 Å². The van der Waals surface area contributed by atoms with Crippen molar-refractivity contribution in [3.63, 3.8) is 0 Å². The Morgan fingerprint density at radius 2 is 1.96 bits per heavy atom. The van der Waals surface area contributed by atoms with Gasteiger partial charge < -0.3 is 10.6 Å². The standard InChI is InChI=1S/C19H28ClN5/c1-14(13-25-16(3)11-15(2)24-25)12-23-19(21-4)22-10-9-17-5-7-18(20)8-6-17/h5-8,11,14H,9-10,12-13H2,1-4H3,(H2,21,22,23). The second kappa shape index (κ2) is 9.47. The van der Waals surface area contributed by atoms with Crippen LogP contribution in [0, 0.1) is 19.8 Å². The Morgan fingerprint density at radius 3 is 2.56 bits per heavy atom. The van der Waals surface area contributed by atoms with Gasteiger partial charge in [0.1, 0.15) is 0 Å². The molecule has 2 aromatic rings. The van der Waals surface area contributed by atoms with E-state index in [0.717, 1.165) is 42.7 Å². The van der Waals surface area contributed by atoms with E-state index in [4.69, 9.17) is 11.6 Å². The van der Waals surface area contributed by atoms with Crippen molar-refractivity contribution in [1.82, 2.24) is 20.4 Å². The minimum absolute atomic E-state index is 0.452. The van der Waals surface area contributed by atoms with E-state index in [2.05, 4.69) is 57.5 Å². The Hall–Kier alpha value is -2.01. The van der Waals surface area contributed by atoms with Gasteiger partial charge in [0.15, 0.2) is 5.96 Å². The van der Waals surface area contributed by atoms with E-state index in [-0.39, 0.29) is 0 Å². The van der Waals surface area contributed by atoms with E-state index >= 15 is 0 Å². The topological polar surface area (TPSA) is 54.2 Å². The fourth-order valence-corrected chi connectivity index (χ4v) is 2.81. The van der Waals surface area contributed by atoms with Crippen LogP contribution in [0.25, 0.3) is 0 Å². The highest BCUT2D eigenvalue weighted by Gasteiger charge is 2.08. The van der Waals surface area contributed by atoms with Crippen LogP contribution in [-0.4, -0.2) is 35.9 Å². The van der Waals surface area contributed by atoms with Gasteiger partial charge in [-0.2, -0.15) is 5.10 Å². The second-order valence-electron chi connectivity index (χ2n) is 6.47. The molecular formula is C19H28ClN5. The molecule has 5 nitrogen and oxygen atoms in total. The number of guanidine groups is 1. The molecule has 136 valence electrons. The SMILES string of the molecule is CN=C(NCCc1ccc(Cl)cc1)NCC(C)Cn1nc(C)cc1C. The van der Waals surface area contributed by atoms with Gasteiger partial charge in [-0.15, -0.1) is 0 Å². The average Bonchev–Trinajstić information content (AvgIpc) is 2.89. The third kappa shape index (κ3) is 6.42. The minimum atomic E-state index is 0.452. The van der Waals surface area contributed by atoms with Crippen molar-refractivity contribution in [2.45, 2.75) is 33.7 Å². The predicted molar refractivity (Wildman–Crippen MR) is 105 cm³/mol. The first-order valence-corrected chi connectivity index (χ1v) is 9.05. The molecule has 0 saturated carbocycles. The van der Waals surface area contributed by atoms with Crippen molar-refractivity contribution in [3.05, 3.63) is 52.3 Å². The lowest BCUT2D eigenvalue weighted by atomic mass is 10.1. The van der Waals surface area contributed by atoms with E-state index in [1.54, 1.807) is 7.05 Å². The van der Waals surface area contributed by atoms with E-state index < -0.39 is 0 Å². The number of nitrogens with one attached hydrogen (secondary N) is 2. The van der Waals surface area contributed by atoms with Crippen LogP contribution in [0.1, 0.15) is 23.9 Å². The summed E-state index contributed by atoms with van der Waals surface area (Å²) in [5.41, 5.74) is 3.53. The number of aliphatic imine (C=N–C) groups is 1. The van der Waals surface area contributed by atoms with Gasteiger partial charge in [-0.1, -0.05) is 30.7 Å². The van der Waals surface area contributed by atoms with Crippen molar-refractivity contribution in [2.24, 2.45) is 10.9 Å². The molecule has 1 atom stereocenters. The highest BCUT2D eigenvalue weighted by Crippen LogP contribution is 2.09. The zero-order valence-electron chi connectivity index (χ0n) is 15.5. The summed E-state index contributed by atoms with van der Waals surface area (Å²) in [6, 6.07) is 10.1. The van der Waals surface area contributed by atoms with Crippen LogP contribution in [0.3, 0.4) is 0 Å². The molecule has 1 unspecified atom stereocenters. The number of halogens is 1. The quantitative estimate of drug-likeness (QED) is 0.588. The van der Waals surface area contributed by atoms with Crippen LogP contribution in [0.2, 0.25) is 5.02 Å². The average molecular weight is 362 g/mol. The summed E-state index contributed by atoms with van der Waals surface area (Å²) in [5.74, 6) is 1.28. The lowest BCUT2D eigenvalue weighted by Crippen LogP contribution is -2.40. The maximum atomic E-state index is 5.91. The third-order valence-corrected chi connectivity index (χ3v) is 4.30. The zero-order valence-corrected chi connectivity index (χ0v) is 16.3. The minimum Gasteiger partial charge on any atom is -0.356 e. The van der Waals surface area contributed by atoms with Gasteiger partial charge in [0.05, 0.1) is 5.69 Å². The summed E-state index contributed by atoms with van der Waals surface area (Å²) in [5, 5.41) is 12.0. The predicted octanol–water partition coefficient (Wildman–Crippen LogP) is 3.20. The highest BCUT2D eigenvalue weighted by atomic mass is 35.5. The van der Waals surface area contributed by atoms with Crippen molar-refractivity contribution in [1.29, 1.82) is 0 Å². The number of aryl methyl sites for hydroxylation is 2. The van der Waals surface area contributed by atoms with Crippen molar-refractivity contribution in [3.8, 4) is 0 Å². The third-order valence-electron chi connectivity index (χ3n) is 4.05. The molecule has 0 amide bonds. The summed E-state index contributed by atoms with van der Waals surface area (Å²) in [6.45, 7) is 8.90. The largest absolute Gasteiger partial charge is 0.356 e. The molecule has 0 spiro atoms. The summed E-state index contributed by atoms with van der Waals surface area (Å²) in [7, 11) is 1.79. The molecular weight excluding hydrogens is 334 g/mol. The number of nitrogens with zero attached hydrogens (tertiary/aromatic N) is 3. The van der Waals surface area contributed by atoms with Crippen LogP contribution >= 0.6 is 11.6 Å². The molecule has 2 N–H and O–H groups in total. The Bertz CT molecular complexity index is 690. The molecule has 0 aliphatic carbocycles. The number of aromatic nitrogens is 2. The Labute approximate surface area is 155 Å². The Morgan fingerprint density at radius 1 is 1.24 bits per heavy atom. The van der Waals surface area contributed by atoms with Crippen LogP contribution in [0.4, 0.5) is 0 Å². The summed E-state index contributed by atoms with van der Waals surface area (Å²) in [4.78, 5) is 4.28. The molecule has 1 heterocycles. The maximum Gasteiger partial charge on any atom is 0.190 e. The van der Waals surface area contributed by atoms with Crippen molar-refractivity contribution < 1.29 is 0 Å². The summed E-state index contributed by atoms with van der Waals surface area (Å²) in [6.07, 6.45) is 0.930. The number of hydrogen-bond donors (Lipinski definition) is 2. The molecule has 0 bridgehead atoms. The first-order chi connectivity index (χ1) is 12.0. The van der Waals surface area contributed by atoms with Gasteiger partial charge in [0.2, 0.25) is 0 Å². The van der Waals surface area contributed by atoms with Gasteiger partial charge in [-0.25, -0.2) is 0 Å². The van der Waals surface area contributed by atoms with Crippen LogP contribution in [0.5, 0.6) is 0 Å². The molecule has 1 aromatic carbocycles. The number of hydrogen-bond acceptors (Lipinski definition) is 2. The molecule has 0 radical (unpaired) electrons. The van der Waals surface area contributed by atoms with Gasteiger partial charge in [-0.3, -0.25) is 9.67 Å². The lowest BCUT2D eigenvalue weighted by molar-refractivity contribution is 0.436. The molecule has 6 heteroatoms. The first-order valence-electron chi connectivity index (χ1n) is 8.68. The molecule has 2 rings (SSSR count). The highest BCUT2D eigenvalue weighted by molar-refractivity contribution is 6.30. The van der Waals surface area contributed by atoms with E-state index in [1.807, 2.05) is 19.1 Å². The van der Waals surface area contributed by atoms with Crippen LogP contribution in [0.15, 0.2) is 35.3 Å². The second-order valence-corrected chi connectivity index (χ2v) is 6.91. The summed E-state index contributed by atoms with van der Waals surface area (Å²) < 4.78 is 2.07. The molecule has 0 aliphatic heterocycles. The smallest absolute Gasteiger partial charge is 0.190 e. The first kappa shape index (κ1) is 19.3. The van der Waals surface area contributed by atoms with E-state index in [9.17, 15) is 0 Å². The number of rotatable bonds is 7. The normalized spacial score (nSPS) is 12.9. The molecule has 1 aromatic heterocycles. The molecule has 25 heavy (non-hydrogen) atoms. The van der Waals surface area contributed by atoms with Crippen molar-refractivity contribution >= 4 is 17.6 Å². The Kier molecular flexibility index (Phi) is 7.31. The van der Waals surface area contributed by atoms with Gasteiger partial charge in [0, 0.05) is 37.4 Å². The molecule has 0 fully saturated rings. The molecule has 0 aliphatic rings. The fraction of sp³-hybridized carbons (Fsp3) is 0.474. The summed E-state index contributed by atoms with van der Waals surface area (Å²) >= 11 is 5.91. The maximum absolute atomic E-state index is 5.91. The van der Waals surface area contributed by atoms with Gasteiger partial charge >= 0.3 is 0 Å². The van der Waals surface area contributed by atoms with E-state index in [0.29, 0.717) is 5.92 Å². The lowest BCUT2D eigenvalue weighted by Gasteiger charge is -2.17. The van der Waals surface area contributed by atoms with Gasteiger partial charge in [0.25, 0.3) is 0 Å². The molecule has 0 saturated heterocycles. The van der Waals surface area contributed by atoms with Gasteiger partial charge in [-0.05, 0) is 49.9 Å². The fourth-order valence-electron chi connectivity index (χ4n) is 2.69. The zero-order chi connectivity index (χ0) is 18.2. The monoisotopic (exact) mass is 361 g/mol. The number of benzene rings is 1. The van der Waals surface area contributed by atoms with E-state index in [1.165, 1.54) is 11.3 Å². The van der Waals surface area contributed by atoms with Crippen LogP contribution in [-0.2, 0) is 13.0 Å².